The minimum Gasteiger partial charge on any atom is -0.507 e. The number of carbonyl (C=O) groups excluding carboxylic acids is 1. The highest BCUT2D eigenvalue weighted by atomic mass is 19.1. The van der Waals surface area contributed by atoms with Gasteiger partial charge in [-0.15, -0.1) is 0 Å². The van der Waals surface area contributed by atoms with E-state index in [0.29, 0.717) is 18.7 Å². The first-order chi connectivity index (χ1) is 9.47. The van der Waals surface area contributed by atoms with Gasteiger partial charge in [0.2, 0.25) is 0 Å². The first-order valence-electron chi connectivity index (χ1n) is 6.19. The van der Waals surface area contributed by atoms with Crippen LogP contribution in [0.2, 0.25) is 0 Å². The maximum absolute atomic E-state index is 13.5. The lowest BCUT2D eigenvalue weighted by Crippen LogP contribution is -2.17. The van der Waals surface area contributed by atoms with Crippen LogP contribution in [-0.4, -0.2) is 22.8 Å². The Hall–Kier alpha value is -2.14. The predicted molar refractivity (Wildman–Crippen MR) is 71.9 cm³/mol. The molecule has 0 atom stereocenters. The smallest absolute Gasteiger partial charge is 0.163 e. The summed E-state index contributed by atoms with van der Waals surface area (Å²) in [5, 5.41) is 10.0. The van der Waals surface area contributed by atoms with Crippen molar-refractivity contribution in [2.45, 2.75) is 20.0 Å². The Bertz CT molecular complexity index is 608. The van der Waals surface area contributed by atoms with Gasteiger partial charge in [0.1, 0.15) is 11.6 Å². The van der Waals surface area contributed by atoms with Crippen LogP contribution in [0.25, 0.3) is 0 Å². The van der Waals surface area contributed by atoms with E-state index in [2.05, 4.69) is 0 Å². The van der Waals surface area contributed by atoms with Crippen molar-refractivity contribution >= 4 is 5.78 Å². The van der Waals surface area contributed by atoms with Crippen LogP contribution in [0.1, 0.15) is 28.4 Å². The summed E-state index contributed by atoms with van der Waals surface area (Å²) in [7, 11) is 1.84. The summed E-state index contributed by atoms with van der Waals surface area (Å²) in [6.07, 6.45) is 3.21. The van der Waals surface area contributed by atoms with E-state index in [0.717, 1.165) is 11.6 Å². The van der Waals surface area contributed by atoms with Gasteiger partial charge in [-0.3, -0.25) is 9.69 Å². The van der Waals surface area contributed by atoms with Crippen LogP contribution < -0.4 is 0 Å². The van der Waals surface area contributed by atoms with Crippen LogP contribution in [-0.2, 0) is 13.1 Å². The lowest BCUT2D eigenvalue weighted by Gasteiger charge is -2.17. The van der Waals surface area contributed by atoms with E-state index in [4.69, 9.17) is 4.42 Å². The lowest BCUT2D eigenvalue weighted by molar-refractivity contribution is 0.101. The van der Waals surface area contributed by atoms with Gasteiger partial charge in [0, 0.05) is 24.2 Å². The molecule has 0 bridgehead atoms. The monoisotopic (exact) mass is 277 g/mol. The van der Waals surface area contributed by atoms with Crippen molar-refractivity contribution in [3.8, 4) is 5.75 Å². The molecule has 0 saturated heterocycles. The molecule has 0 unspecified atom stereocenters. The molecule has 2 rings (SSSR count). The van der Waals surface area contributed by atoms with E-state index in [9.17, 15) is 14.3 Å². The molecule has 4 nitrogen and oxygen atoms in total. The predicted octanol–water partition coefficient (Wildman–Crippen LogP) is 2.96. The van der Waals surface area contributed by atoms with Crippen LogP contribution in [0.4, 0.5) is 4.39 Å². The standard InChI is InChI=1S/C15H16FNO3/c1-10(18)14-6-13(16)5-12(15(14)19)8-17(2)7-11-3-4-20-9-11/h3-6,9,19H,7-8H2,1-2H3. The minimum absolute atomic E-state index is 0.0108. The number of rotatable bonds is 5. The summed E-state index contributed by atoms with van der Waals surface area (Å²) in [6, 6.07) is 4.13. The lowest BCUT2D eigenvalue weighted by atomic mass is 10.0. The van der Waals surface area contributed by atoms with E-state index < -0.39 is 5.82 Å². The second-order valence-corrected chi connectivity index (χ2v) is 4.82. The number of phenols is 1. The molecule has 1 heterocycles. The number of hydrogen-bond donors (Lipinski definition) is 1. The van der Waals surface area contributed by atoms with E-state index in [1.54, 1.807) is 12.5 Å². The molecule has 1 aromatic heterocycles. The number of aromatic hydroxyl groups is 1. The maximum Gasteiger partial charge on any atom is 0.163 e. The molecular formula is C15H16FNO3. The van der Waals surface area contributed by atoms with E-state index in [-0.39, 0.29) is 17.1 Å². The highest BCUT2D eigenvalue weighted by Crippen LogP contribution is 2.26. The van der Waals surface area contributed by atoms with Gasteiger partial charge in [-0.05, 0) is 32.2 Å². The van der Waals surface area contributed by atoms with Crippen LogP contribution in [0.3, 0.4) is 0 Å². The number of furan rings is 1. The van der Waals surface area contributed by atoms with Crippen molar-refractivity contribution in [3.05, 3.63) is 53.2 Å². The molecule has 20 heavy (non-hydrogen) atoms. The zero-order valence-electron chi connectivity index (χ0n) is 11.4. The van der Waals surface area contributed by atoms with E-state index >= 15 is 0 Å². The second-order valence-electron chi connectivity index (χ2n) is 4.82. The summed E-state index contributed by atoms with van der Waals surface area (Å²) in [5.41, 5.74) is 1.38. The van der Waals surface area contributed by atoms with Gasteiger partial charge >= 0.3 is 0 Å². The Balaban J connectivity index is 2.18. The Kier molecular flexibility index (Phi) is 4.20. The SMILES string of the molecule is CC(=O)c1cc(F)cc(CN(C)Cc2ccoc2)c1O. The second kappa shape index (κ2) is 5.88. The van der Waals surface area contributed by atoms with Crippen LogP contribution in [0.15, 0.2) is 35.1 Å². The van der Waals surface area contributed by atoms with Gasteiger partial charge in [-0.1, -0.05) is 0 Å². The maximum atomic E-state index is 13.5. The number of benzene rings is 1. The Morgan fingerprint density at radius 3 is 2.75 bits per heavy atom. The molecule has 1 N–H and O–H groups in total. The molecule has 0 amide bonds. The number of halogens is 1. The molecule has 2 aromatic rings. The van der Waals surface area contributed by atoms with Crippen molar-refractivity contribution in [1.29, 1.82) is 0 Å². The fraction of sp³-hybridized carbons (Fsp3) is 0.267. The van der Waals surface area contributed by atoms with Crippen molar-refractivity contribution in [1.82, 2.24) is 4.90 Å². The normalized spacial score (nSPS) is 11.0. The fourth-order valence-electron chi connectivity index (χ4n) is 2.09. The minimum atomic E-state index is -0.528. The summed E-state index contributed by atoms with van der Waals surface area (Å²) in [4.78, 5) is 13.3. The molecule has 0 aliphatic rings. The quantitative estimate of drug-likeness (QED) is 0.854. The van der Waals surface area contributed by atoms with Gasteiger partial charge in [0.15, 0.2) is 5.78 Å². The topological polar surface area (TPSA) is 53.7 Å². The average molecular weight is 277 g/mol. The molecule has 5 heteroatoms. The van der Waals surface area contributed by atoms with Crippen molar-refractivity contribution < 1.29 is 18.7 Å². The van der Waals surface area contributed by atoms with Gasteiger partial charge in [0.25, 0.3) is 0 Å². The first kappa shape index (κ1) is 14.3. The number of hydrogen-bond acceptors (Lipinski definition) is 4. The number of carbonyl (C=O) groups is 1. The summed E-state index contributed by atoms with van der Waals surface area (Å²) >= 11 is 0. The number of nitrogens with zero attached hydrogens (tertiary/aromatic N) is 1. The summed E-state index contributed by atoms with van der Waals surface area (Å²) < 4.78 is 18.5. The van der Waals surface area contributed by atoms with Crippen LogP contribution >= 0.6 is 0 Å². The number of ketones is 1. The third-order valence-electron chi connectivity index (χ3n) is 3.01. The van der Waals surface area contributed by atoms with Gasteiger partial charge < -0.3 is 9.52 Å². The third kappa shape index (κ3) is 3.24. The van der Waals surface area contributed by atoms with Gasteiger partial charge in [0.05, 0.1) is 18.1 Å². The van der Waals surface area contributed by atoms with Crippen LogP contribution in [0, 0.1) is 5.82 Å². The van der Waals surface area contributed by atoms with Gasteiger partial charge in [-0.25, -0.2) is 4.39 Å². The number of phenolic OH excluding ortho intramolecular Hbond substituents is 1. The number of Topliss-reactive ketones (excluding diaryl/α,β-unsaturated/α-hetero) is 1. The molecule has 0 aliphatic heterocycles. The van der Waals surface area contributed by atoms with Crippen LogP contribution in [0.5, 0.6) is 5.75 Å². The Morgan fingerprint density at radius 2 is 2.15 bits per heavy atom. The Labute approximate surface area is 116 Å². The van der Waals surface area contributed by atoms with Crippen molar-refractivity contribution in [2.75, 3.05) is 7.05 Å². The zero-order chi connectivity index (χ0) is 14.7. The molecule has 0 aliphatic carbocycles. The zero-order valence-corrected chi connectivity index (χ0v) is 11.4. The summed E-state index contributed by atoms with van der Waals surface area (Å²) in [5.74, 6) is -1.04. The van der Waals surface area contributed by atoms with E-state index in [1.165, 1.54) is 13.0 Å². The third-order valence-corrected chi connectivity index (χ3v) is 3.01. The average Bonchev–Trinajstić information content (AvgIpc) is 2.85. The summed E-state index contributed by atoms with van der Waals surface area (Å²) in [6.45, 7) is 2.23. The molecule has 0 fully saturated rings. The molecular weight excluding hydrogens is 261 g/mol. The Morgan fingerprint density at radius 1 is 1.40 bits per heavy atom. The molecule has 106 valence electrons. The highest BCUT2D eigenvalue weighted by molar-refractivity contribution is 5.97. The van der Waals surface area contributed by atoms with E-state index in [1.807, 2.05) is 18.0 Å². The molecule has 0 saturated carbocycles. The van der Waals surface area contributed by atoms with Gasteiger partial charge in [-0.2, -0.15) is 0 Å². The molecule has 1 aromatic carbocycles. The molecule has 0 radical (unpaired) electrons. The molecule has 0 spiro atoms. The fourth-order valence-corrected chi connectivity index (χ4v) is 2.09. The first-order valence-corrected chi connectivity index (χ1v) is 6.19. The largest absolute Gasteiger partial charge is 0.507 e. The highest BCUT2D eigenvalue weighted by Gasteiger charge is 2.15. The van der Waals surface area contributed by atoms with Crippen molar-refractivity contribution in [3.63, 3.8) is 0 Å². The van der Waals surface area contributed by atoms with Crippen molar-refractivity contribution in [2.24, 2.45) is 0 Å².